The minimum atomic E-state index is -1.01. The van der Waals surface area contributed by atoms with Crippen molar-refractivity contribution in [3.63, 3.8) is 0 Å². The predicted octanol–water partition coefficient (Wildman–Crippen LogP) is 4.76. The van der Waals surface area contributed by atoms with Gasteiger partial charge >= 0.3 is 0 Å². The highest BCUT2D eigenvalue weighted by atomic mass is 35.5. The topological polar surface area (TPSA) is 143 Å². The summed E-state index contributed by atoms with van der Waals surface area (Å²) < 4.78 is 22.5. The third kappa shape index (κ3) is 5.77. The number of carbonyl (C=O) groups excluding carboxylic acids is 5. The van der Waals surface area contributed by atoms with Gasteiger partial charge in [-0.2, -0.15) is 5.26 Å². The Labute approximate surface area is 339 Å². The van der Waals surface area contributed by atoms with Crippen molar-refractivity contribution in [2.45, 2.75) is 71.3 Å². The fourth-order valence-electron chi connectivity index (χ4n) is 10.3. The third-order valence-corrected chi connectivity index (χ3v) is 13.3. The number of nitrogens with one attached hydrogen (secondary N) is 1. The number of amides is 5. The van der Waals surface area contributed by atoms with Gasteiger partial charge < -0.3 is 14.5 Å². The molecule has 58 heavy (non-hydrogen) atoms. The zero-order chi connectivity index (χ0) is 41.0. The summed E-state index contributed by atoms with van der Waals surface area (Å²) in [5.74, 6) is 4.13. The molecule has 9 rings (SSSR count). The van der Waals surface area contributed by atoms with E-state index in [1.54, 1.807) is 47.4 Å². The van der Waals surface area contributed by atoms with Crippen LogP contribution in [0.15, 0.2) is 48.5 Å². The molecular weight excluding hydrogens is 763 g/mol. The molecule has 4 fully saturated rings. The Hall–Kier alpha value is -5.76. The van der Waals surface area contributed by atoms with E-state index in [0.717, 1.165) is 36.8 Å². The molecule has 1 N–H and O–H groups in total. The van der Waals surface area contributed by atoms with Crippen molar-refractivity contribution in [2.24, 2.45) is 16.7 Å². The van der Waals surface area contributed by atoms with Crippen molar-refractivity contribution in [1.29, 1.82) is 5.26 Å². The summed E-state index contributed by atoms with van der Waals surface area (Å²) in [6, 6.07) is 14.5. The largest absolute Gasteiger partial charge is 0.489 e. The van der Waals surface area contributed by atoms with Crippen LogP contribution in [-0.4, -0.2) is 94.6 Å². The lowest BCUT2D eigenvalue weighted by Gasteiger charge is -2.65. The summed E-state index contributed by atoms with van der Waals surface area (Å²) in [5, 5.41) is 11.8. The summed E-state index contributed by atoms with van der Waals surface area (Å²) >= 11 is 6.26. The first-order valence-electron chi connectivity index (χ1n) is 19.4. The number of benzene rings is 3. The van der Waals surface area contributed by atoms with Gasteiger partial charge in [0.1, 0.15) is 29.8 Å². The molecule has 0 radical (unpaired) electrons. The second-order valence-corrected chi connectivity index (χ2v) is 17.7. The number of piperidine rings is 1. The molecule has 6 aliphatic rings. The van der Waals surface area contributed by atoms with Gasteiger partial charge in [-0.15, -0.1) is 0 Å². The number of ether oxygens (including phenoxy) is 1. The van der Waals surface area contributed by atoms with Crippen LogP contribution in [0.1, 0.15) is 88.3 Å². The molecule has 1 aliphatic carbocycles. The van der Waals surface area contributed by atoms with E-state index in [2.05, 4.69) is 33.0 Å². The zero-order valence-corrected chi connectivity index (χ0v) is 33.2. The van der Waals surface area contributed by atoms with Crippen molar-refractivity contribution >= 4 is 46.8 Å². The first-order chi connectivity index (χ1) is 27.6. The number of anilines is 1. The summed E-state index contributed by atoms with van der Waals surface area (Å²) in [4.78, 5) is 71.3. The number of likely N-dealkylation sites (tertiary alicyclic amines) is 1. The lowest BCUT2D eigenvalue weighted by atomic mass is 9.49. The molecule has 3 aromatic rings. The minimum Gasteiger partial charge on any atom is -0.489 e. The molecule has 3 aromatic carbocycles. The van der Waals surface area contributed by atoms with E-state index < -0.39 is 46.3 Å². The standard InChI is InChI=1S/C44H40ClFN6O6/c1-43(2)41(44(3,4)42(43)58-28-10-7-25(17-47)33(45)16-28)51-22-32-30(38(51)55)11-8-24(36(32)46)6-5-23-18-49(19-23)27-20-50(21-27)26-9-12-29-31(15-26)40(57)52(39(29)56)34-13-14-35(53)48-37(34)54/h7-12,15-16,23,27,34,41-42H,13-14,18-22H2,1-4H3,(H,48,53,54)/t34?,41-,42-. The van der Waals surface area contributed by atoms with Crippen LogP contribution in [0.2, 0.25) is 5.02 Å². The molecule has 296 valence electrons. The maximum absolute atomic E-state index is 16.0. The maximum atomic E-state index is 16.0. The van der Waals surface area contributed by atoms with E-state index in [4.69, 9.17) is 16.3 Å². The molecule has 1 atom stereocenters. The van der Waals surface area contributed by atoms with Gasteiger partial charge in [-0.1, -0.05) is 51.1 Å². The molecule has 0 spiro atoms. The van der Waals surface area contributed by atoms with Crippen LogP contribution in [0.5, 0.6) is 5.75 Å². The first kappa shape index (κ1) is 37.8. The molecular formula is C44H40ClFN6O6. The first-order valence-corrected chi connectivity index (χ1v) is 19.8. The summed E-state index contributed by atoms with van der Waals surface area (Å²) in [5.41, 5.74) is 1.72. The smallest absolute Gasteiger partial charge is 0.262 e. The second kappa shape index (κ2) is 13.4. The van der Waals surface area contributed by atoms with E-state index in [9.17, 15) is 29.2 Å². The van der Waals surface area contributed by atoms with Crippen molar-refractivity contribution in [1.82, 2.24) is 20.0 Å². The fourth-order valence-corrected chi connectivity index (χ4v) is 10.5. The number of rotatable bonds is 6. The number of halogens is 2. The van der Waals surface area contributed by atoms with Gasteiger partial charge in [-0.3, -0.25) is 39.1 Å². The normalized spacial score (nSPS) is 24.9. The highest BCUT2D eigenvalue weighted by molar-refractivity contribution is 6.31. The van der Waals surface area contributed by atoms with Crippen LogP contribution in [0.25, 0.3) is 0 Å². The number of carbonyl (C=O) groups is 5. The summed E-state index contributed by atoms with van der Waals surface area (Å²) in [6.45, 7) is 11.3. The fraction of sp³-hybridized carbons (Fsp3) is 0.409. The van der Waals surface area contributed by atoms with Gasteiger partial charge in [0.25, 0.3) is 17.7 Å². The highest BCUT2D eigenvalue weighted by Crippen LogP contribution is 2.59. The number of imide groups is 2. The Morgan fingerprint density at radius 1 is 0.862 bits per heavy atom. The van der Waals surface area contributed by atoms with E-state index in [1.165, 1.54) is 0 Å². The van der Waals surface area contributed by atoms with Crippen LogP contribution in [0.4, 0.5) is 10.1 Å². The monoisotopic (exact) mass is 802 g/mol. The molecule has 1 unspecified atom stereocenters. The molecule has 0 aromatic heterocycles. The molecule has 12 nitrogen and oxygen atoms in total. The van der Waals surface area contributed by atoms with Crippen molar-refractivity contribution in [2.75, 3.05) is 31.1 Å². The van der Waals surface area contributed by atoms with E-state index >= 15 is 4.39 Å². The van der Waals surface area contributed by atoms with Crippen LogP contribution >= 0.6 is 11.6 Å². The Bertz CT molecular complexity index is 2460. The molecule has 1 saturated carbocycles. The van der Waals surface area contributed by atoms with Crippen molar-refractivity contribution < 1.29 is 33.1 Å². The Morgan fingerprint density at radius 3 is 2.24 bits per heavy atom. The maximum Gasteiger partial charge on any atom is 0.262 e. The molecule has 0 bridgehead atoms. The average molecular weight is 803 g/mol. The average Bonchev–Trinajstić information content (AvgIpc) is 3.59. The van der Waals surface area contributed by atoms with Gasteiger partial charge in [-0.05, 0) is 48.9 Å². The van der Waals surface area contributed by atoms with E-state index in [1.807, 2.05) is 33.8 Å². The SMILES string of the molecule is CC1(C)[C@H](Oc2ccc(C#N)c(Cl)c2)C(C)(C)[C@H]1N1Cc2c(ccc(C#CC3CN(C4CN(c5ccc6c(c5)C(=O)N(C5CCC(=O)NC5=O)C6=O)C4)C3)c2F)C1=O. The lowest BCUT2D eigenvalue weighted by Crippen LogP contribution is -2.74. The Kier molecular flexibility index (Phi) is 8.73. The quantitative estimate of drug-likeness (QED) is 0.276. The molecule has 14 heteroatoms. The van der Waals surface area contributed by atoms with Crippen LogP contribution in [0, 0.1) is 45.7 Å². The summed E-state index contributed by atoms with van der Waals surface area (Å²) in [6.07, 6.45) is -0.106. The number of fused-ring (bicyclic) bond motifs is 2. The number of nitrogens with zero attached hydrogens (tertiary/aromatic N) is 5. The molecule has 5 aliphatic heterocycles. The highest BCUT2D eigenvalue weighted by Gasteiger charge is 2.67. The van der Waals surface area contributed by atoms with Crippen LogP contribution in [0.3, 0.4) is 0 Å². The van der Waals surface area contributed by atoms with Gasteiger partial charge in [0.15, 0.2) is 0 Å². The molecule has 5 heterocycles. The van der Waals surface area contributed by atoms with Gasteiger partial charge in [0.2, 0.25) is 11.8 Å². The van der Waals surface area contributed by atoms with Crippen molar-refractivity contribution in [3.05, 3.63) is 92.8 Å². The van der Waals surface area contributed by atoms with E-state index in [0.29, 0.717) is 27.5 Å². The lowest BCUT2D eigenvalue weighted by molar-refractivity contribution is -0.199. The van der Waals surface area contributed by atoms with Crippen molar-refractivity contribution in [3.8, 4) is 23.7 Å². The van der Waals surface area contributed by atoms with Gasteiger partial charge in [0, 0.05) is 84.3 Å². The zero-order valence-electron chi connectivity index (χ0n) is 32.4. The Balaban J connectivity index is 0.799. The predicted molar refractivity (Wildman–Crippen MR) is 209 cm³/mol. The Morgan fingerprint density at radius 2 is 1.55 bits per heavy atom. The van der Waals surface area contributed by atoms with Crippen LogP contribution in [-0.2, 0) is 16.1 Å². The van der Waals surface area contributed by atoms with E-state index in [-0.39, 0.29) is 66.1 Å². The number of hydrogen-bond acceptors (Lipinski definition) is 9. The summed E-state index contributed by atoms with van der Waals surface area (Å²) in [7, 11) is 0. The third-order valence-electron chi connectivity index (χ3n) is 12.9. The number of nitriles is 1. The van der Waals surface area contributed by atoms with Gasteiger partial charge in [-0.25, -0.2) is 4.39 Å². The second-order valence-electron chi connectivity index (χ2n) is 17.3. The van der Waals surface area contributed by atoms with Gasteiger partial charge in [0.05, 0.1) is 33.8 Å². The minimum absolute atomic E-state index is 0.0658. The molecule has 3 saturated heterocycles. The number of hydrogen-bond donors (Lipinski definition) is 1. The molecule has 5 amide bonds. The van der Waals surface area contributed by atoms with Crippen LogP contribution < -0.4 is 15.0 Å².